The molecule has 60 valence electrons. The summed E-state index contributed by atoms with van der Waals surface area (Å²) in [5.41, 5.74) is 4.97. The maximum absolute atomic E-state index is 12.4. The summed E-state index contributed by atoms with van der Waals surface area (Å²) in [5, 5.41) is 0. The van der Waals surface area contributed by atoms with E-state index in [0.717, 1.165) is 0 Å². The molecule has 0 aromatic rings. The van der Waals surface area contributed by atoms with E-state index < -0.39 is 6.17 Å². The normalized spacial score (nSPS) is 12.8. The molecule has 2 N–H and O–H groups in total. The lowest BCUT2D eigenvalue weighted by Gasteiger charge is -2.10. The SMILES string of the molecule is CN(C)C(=O)C[C@@H](F)CN. The molecule has 4 heteroatoms. The highest BCUT2D eigenvalue weighted by atomic mass is 19.1. The van der Waals surface area contributed by atoms with Crippen LogP contribution in [0.25, 0.3) is 0 Å². The molecule has 0 aliphatic heterocycles. The lowest BCUT2D eigenvalue weighted by molar-refractivity contribution is -0.129. The van der Waals surface area contributed by atoms with Gasteiger partial charge in [0.15, 0.2) is 0 Å². The molecule has 3 nitrogen and oxygen atoms in total. The molecule has 0 aromatic heterocycles. The van der Waals surface area contributed by atoms with Gasteiger partial charge in [-0.2, -0.15) is 0 Å². The number of rotatable bonds is 3. The first-order valence-corrected chi connectivity index (χ1v) is 3.12. The van der Waals surface area contributed by atoms with Crippen molar-refractivity contribution in [3.05, 3.63) is 0 Å². The molecule has 0 saturated heterocycles. The van der Waals surface area contributed by atoms with Gasteiger partial charge in [-0.3, -0.25) is 4.79 Å². The van der Waals surface area contributed by atoms with Crippen LogP contribution < -0.4 is 5.73 Å². The third-order valence-corrected chi connectivity index (χ3v) is 1.15. The first-order valence-electron chi connectivity index (χ1n) is 3.12. The van der Waals surface area contributed by atoms with Crippen molar-refractivity contribution in [1.29, 1.82) is 0 Å². The van der Waals surface area contributed by atoms with E-state index in [-0.39, 0.29) is 18.9 Å². The molecule has 0 radical (unpaired) electrons. The van der Waals surface area contributed by atoms with Crippen LogP contribution in [0.1, 0.15) is 6.42 Å². The summed E-state index contributed by atoms with van der Waals surface area (Å²) in [6.07, 6.45) is -1.31. The summed E-state index contributed by atoms with van der Waals surface area (Å²) in [6, 6.07) is 0. The van der Waals surface area contributed by atoms with Gasteiger partial charge < -0.3 is 10.6 Å². The number of nitrogens with two attached hydrogens (primary N) is 1. The zero-order chi connectivity index (χ0) is 8.15. The maximum Gasteiger partial charge on any atom is 0.225 e. The van der Waals surface area contributed by atoms with E-state index in [1.54, 1.807) is 14.1 Å². The maximum atomic E-state index is 12.4. The second kappa shape index (κ2) is 4.22. The summed E-state index contributed by atoms with van der Waals surface area (Å²) in [7, 11) is 3.18. The fourth-order valence-electron chi connectivity index (χ4n) is 0.455. The van der Waals surface area contributed by atoms with Crippen molar-refractivity contribution < 1.29 is 9.18 Å². The molecule has 0 unspecified atom stereocenters. The third-order valence-electron chi connectivity index (χ3n) is 1.15. The van der Waals surface area contributed by atoms with E-state index in [1.165, 1.54) is 4.90 Å². The van der Waals surface area contributed by atoms with Crippen molar-refractivity contribution in [3.63, 3.8) is 0 Å². The van der Waals surface area contributed by atoms with Crippen molar-refractivity contribution in [3.8, 4) is 0 Å². The summed E-state index contributed by atoms with van der Waals surface area (Å²) >= 11 is 0. The molecule has 0 bridgehead atoms. The molecule has 0 fully saturated rings. The zero-order valence-corrected chi connectivity index (χ0v) is 6.30. The Balaban J connectivity index is 3.57. The van der Waals surface area contributed by atoms with Gasteiger partial charge in [-0.05, 0) is 0 Å². The molecule has 1 atom stereocenters. The molecule has 0 aliphatic rings. The van der Waals surface area contributed by atoms with Crippen LogP contribution >= 0.6 is 0 Å². The number of amides is 1. The minimum absolute atomic E-state index is 0.0837. The first kappa shape index (κ1) is 9.36. The molecular formula is C6H13FN2O. The fraction of sp³-hybridized carbons (Fsp3) is 0.833. The highest BCUT2D eigenvalue weighted by Crippen LogP contribution is 1.97. The number of alkyl halides is 1. The summed E-state index contributed by atoms with van der Waals surface area (Å²) in [4.78, 5) is 12.1. The Morgan fingerprint density at radius 2 is 2.20 bits per heavy atom. The fourth-order valence-corrected chi connectivity index (χ4v) is 0.455. The predicted octanol–water partition coefficient (Wildman–Crippen LogP) is -0.238. The number of halogens is 1. The van der Waals surface area contributed by atoms with Gasteiger partial charge in [-0.1, -0.05) is 0 Å². The van der Waals surface area contributed by atoms with Crippen LogP contribution in [0.5, 0.6) is 0 Å². The molecule has 0 spiro atoms. The molecular weight excluding hydrogens is 135 g/mol. The lowest BCUT2D eigenvalue weighted by Crippen LogP contribution is -2.27. The van der Waals surface area contributed by atoms with Gasteiger partial charge in [-0.25, -0.2) is 4.39 Å². The largest absolute Gasteiger partial charge is 0.349 e. The molecule has 0 heterocycles. The lowest BCUT2D eigenvalue weighted by atomic mass is 10.2. The van der Waals surface area contributed by atoms with Crippen LogP contribution in [0.15, 0.2) is 0 Å². The highest BCUT2D eigenvalue weighted by molar-refractivity contribution is 5.76. The van der Waals surface area contributed by atoms with E-state index in [1.807, 2.05) is 0 Å². The topological polar surface area (TPSA) is 46.3 Å². The average molecular weight is 148 g/mol. The summed E-state index contributed by atoms with van der Waals surface area (Å²) in [6.45, 7) is -0.0837. The van der Waals surface area contributed by atoms with Gasteiger partial charge in [0.05, 0.1) is 6.42 Å². The number of hydrogen-bond acceptors (Lipinski definition) is 2. The van der Waals surface area contributed by atoms with E-state index in [2.05, 4.69) is 0 Å². The number of nitrogens with zero attached hydrogens (tertiary/aromatic N) is 1. The minimum atomic E-state index is -1.20. The van der Waals surface area contributed by atoms with E-state index in [4.69, 9.17) is 5.73 Å². The van der Waals surface area contributed by atoms with Gasteiger partial charge in [-0.15, -0.1) is 0 Å². The van der Waals surface area contributed by atoms with Crippen molar-refractivity contribution in [2.45, 2.75) is 12.6 Å². The van der Waals surface area contributed by atoms with Crippen LogP contribution in [-0.4, -0.2) is 37.6 Å². The Kier molecular flexibility index (Phi) is 3.95. The van der Waals surface area contributed by atoms with Crippen LogP contribution in [0.4, 0.5) is 4.39 Å². The Morgan fingerprint density at radius 3 is 2.50 bits per heavy atom. The average Bonchev–Trinajstić information content (AvgIpc) is 1.87. The van der Waals surface area contributed by atoms with Crippen molar-refractivity contribution in [2.75, 3.05) is 20.6 Å². The van der Waals surface area contributed by atoms with Gasteiger partial charge in [0, 0.05) is 20.6 Å². The molecule has 1 amide bonds. The monoisotopic (exact) mass is 148 g/mol. The summed E-state index contributed by atoms with van der Waals surface area (Å²) in [5.74, 6) is -0.224. The van der Waals surface area contributed by atoms with E-state index in [9.17, 15) is 9.18 Å². The van der Waals surface area contributed by atoms with E-state index in [0.29, 0.717) is 0 Å². The second-order valence-electron chi connectivity index (χ2n) is 2.33. The van der Waals surface area contributed by atoms with Crippen LogP contribution in [-0.2, 0) is 4.79 Å². The standard InChI is InChI=1S/C6H13FN2O/c1-9(2)6(10)3-5(7)4-8/h5H,3-4,8H2,1-2H3/t5-/m1/s1. The van der Waals surface area contributed by atoms with Gasteiger partial charge >= 0.3 is 0 Å². The highest BCUT2D eigenvalue weighted by Gasteiger charge is 2.11. The van der Waals surface area contributed by atoms with Crippen molar-refractivity contribution >= 4 is 5.91 Å². The number of carbonyl (C=O) groups excluding carboxylic acids is 1. The van der Waals surface area contributed by atoms with Gasteiger partial charge in [0.1, 0.15) is 6.17 Å². The molecule has 0 aliphatic carbocycles. The number of carbonyl (C=O) groups is 1. The summed E-state index contributed by atoms with van der Waals surface area (Å²) < 4.78 is 12.4. The Bertz CT molecular complexity index is 116. The van der Waals surface area contributed by atoms with Gasteiger partial charge in [0.25, 0.3) is 0 Å². The van der Waals surface area contributed by atoms with Crippen LogP contribution in [0, 0.1) is 0 Å². The Labute approximate surface area is 60.0 Å². The predicted molar refractivity (Wildman–Crippen MR) is 37.3 cm³/mol. The van der Waals surface area contributed by atoms with Crippen LogP contribution in [0.3, 0.4) is 0 Å². The molecule has 0 saturated carbocycles. The second-order valence-corrected chi connectivity index (χ2v) is 2.33. The smallest absolute Gasteiger partial charge is 0.225 e. The quantitative estimate of drug-likeness (QED) is 0.600. The minimum Gasteiger partial charge on any atom is -0.349 e. The molecule has 10 heavy (non-hydrogen) atoms. The van der Waals surface area contributed by atoms with Crippen molar-refractivity contribution in [2.24, 2.45) is 5.73 Å². The van der Waals surface area contributed by atoms with Crippen molar-refractivity contribution in [1.82, 2.24) is 4.90 Å². The number of hydrogen-bond donors (Lipinski definition) is 1. The Morgan fingerprint density at radius 1 is 1.70 bits per heavy atom. The molecule has 0 rings (SSSR count). The van der Waals surface area contributed by atoms with Gasteiger partial charge in [0.2, 0.25) is 5.91 Å². The van der Waals surface area contributed by atoms with Crippen LogP contribution in [0.2, 0.25) is 0 Å². The van der Waals surface area contributed by atoms with E-state index >= 15 is 0 Å². The zero-order valence-electron chi connectivity index (χ0n) is 6.30. The molecule has 0 aromatic carbocycles. The first-order chi connectivity index (χ1) is 4.57. The third kappa shape index (κ3) is 3.40. The Hall–Kier alpha value is -0.640.